The van der Waals surface area contributed by atoms with Gasteiger partial charge < -0.3 is 4.74 Å². The Morgan fingerprint density at radius 2 is 2.14 bits per heavy atom. The zero-order valence-corrected chi connectivity index (χ0v) is 13.3. The number of hydrogen-bond donors (Lipinski definition) is 0. The van der Waals surface area contributed by atoms with Crippen molar-refractivity contribution < 1.29 is 4.74 Å². The second-order valence-corrected chi connectivity index (χ2v) is 7.05. The van der Waals surface area contributed by atoms with Crippen molar-refractivity contribution in [2.45, 2.75) is 25.1 Å². The fourth-order valence-electron chi connectivity index (χ4n) is 3.45. The Kier molecular flexibility index (Phi) is 4.05. The van der Waals surface area contributed by atoms with E-state index >= 15 is 0 Å². The van der Waals surface area contributed by atoms with Gasteiger partial charge in [0.15, 0.2) is 5.75 Å². The summed E-state index contributed by atoms with van der Waals surface area (Å²) < 4.78 is 6.03. The number of hydrogen-bond acceptors (Lipinski definition) is 6. The summed E-state index contributed by atoms with van der Waals surface area (Å²) in [6.45, 7) is 5.53. The molecule has 2 aromatic heterocycles. The highest BCUT2D eigenvalue weighted by molar-refractivity contribution is 7.09. The lowest BCUT2D eigenvalue weighted by Gasteiger charge is -2.36. The summed E-state index contributed by atoms with van der Waals surface area (Å²) in [6, 6.07) is 4.98. The van der Waals surface area contributed by atoms with Crippen LogP contribution in [0.5, 0.6) is 5.75 Å². The number of aromatic nitrogens is 2. The van der Waals surface area contributed by atoms with E-state index < -0.39 is 0 Å². The Hall–Kier alpha value is -1.50. The quantitative estimate of drug-likeness (QED) is 0.861. The maximum Gasteiger partial charge on any atom is 0.156 e. The van der Waals surface area contributed by atoms with E-state index in [4.69, 9.17) is 4.74 Å². The number of rotatable bonds is 4. The van der Waals surface area contributed by atoms with Crippen LogP contribution in [0.15, 0.2) is 36.2 Å². The average Bonchev–Trinajstić information content (AvgIpc) is 3.17. The largest absolute Gasteiger partial charge is 0.486 e. The molecule has 0 radical (unpaired) electrons. The molecule has 2 fully saturated rings. The Labute approximate surface area is 134 Å². The zero-order valence-electron chi connectivity index (χ0n) is 12.5. The van der Waals surface area contributed by atoms with Crippen LogP contribution in [0.4, 0.5) is 0 Å². The Morgan fingerprint density at radius 3 is 2.95 bits per heavy atom. The SMILES string of the molecule is c1csc(CN2CCN3C[C@@H](Oc4cncnc4)C[C@@H]3C2)c1. The van der Waals surface area contributed by atoms with Crippen LogP contribution in [0.1, 0.15) is 11.3 Å². The van der Waals surface area contributed by atoms with Crippen LogP contribution in [-0.2, 0) is 6.54 Å². The standard InChI is InChI=1S/C16H20N4OS/c1-2-16(22-5-1)11-19-3-4-20-10-14(6-13(20)9-19)21-15-7-17-12-18-8-15/h1-2,5,7-8,12-14H,3-4,6,9-11H2/t13-,14+/m1/s1. The van der Waals surface area contributed by atoms with E-state index in [9.17, 15) is 0 Å². The number of fused-ring (bicyclic) bond motifs is 1. The second-order valence-electron chi connectivity index (χ2n) is 6.01. The van der Waals surface area contributed by atoms with Crippen LogP contribution >= 0.6 is 11.3 Å². The molecular weight excluding hydrogens is 296 g/mol. The fraction of sp³-hybridized carbons (Fsp3) is 0.500. The van der Waals surface area contributed by atoms with Gasteiger partial charge in [0.25, 0.3) is 0 Å². The lowest BCUT2D eigenvalue weighted by Crippen LogP contribution is -2.49. The summed E-state index contributed by atoms with van der Waals surface area (Å²) in [4.78, 5) is 14.6. The first-order valence-electron chi connectivity index (χ1n) is 7.77. The first-order valence-corrected chi connectivity index (χ1v) is 8.65. The Morgan fingerprint density at radius 1 is 1.23 bits per heavy atom. The highest BCUT2D eigenvalue weighted by Gasteiger charge is 2.37. The van der Waals surface area contributed by atoms with Gasteiger partial charge in [-0.2, -0.15) is 0 Å². The molecule has 0 aliphatic carbocycles. The fourth-order valence-corrected chi connectivity index (χ4v) is 4.20. The van der Waals surface area contributed by atoms with E-state index in [0.717, 1.165) is 44.9 Å². The van der Waals surface area contributed by atoms with Crippen molar-refractivity contribution in [1.29, 1.82) is 0 Å². The van der Waals surface area contributed by atoms with Gasteiger partial charge in [0.1, 0.15) is 12.4 Å². The van der Waals surface area contributed by atoms with Crippen LogP contribution in [0.25, 0.3) is 0 Å². The van der Waals surface area contributed by atoms with Gasteiger partial charge in [-0.1, -0.05) is 6.07 Å². The summed E-state index contributed by atoms with van der Waals surface area (Å²) in [5.74, 6) is 0.780. The molecule has 0 N–H and O–H groups in total. The molecule has 0 amide bonds. The molecule has 2 atom stereocenters. The van der Waals surface area contributed by atoms with E-state index in [2.05, 4.69) is 37.3 Å². The van der Waals surface area contributed by atoms with Crippen molar-refractivity contribution >= 4 is 11.3 Å². The molecule has 0 saturated carbocycles. The molecule has 4 rings (SSSR count). The van der Waals surface area contributed by atoms with Crippen LogP contribution in [0, 0.1) is 0 Å². The molecule has 22 heavy (non-hydrogen) atoms. The predicted octanol–water partition coefficient (Wildman–Crippen LogP) is 1.88. The van der Waals surface area contributed by atoms with E-state index in [-0.39, 0.29) is 6.10 Å². The minimum Gasteiger partial charge on any atom is -0.486 e. The molecule has 2 aliphatic heterocycles. The van der Waals surface area contributed by atoms with Crippen LogP contribution in [-0.4, -0.2) is 58.1 Å². The summed E-state index contributed by atoms with van der Waals surface area (Å²) in [6.07, 6.45) is 6.38. The minimum atomic E-state index is 0.262. The molecule has 116 valence electrons. The van der Waals surface area contributed by atoms with Gasteiger partial charge >= 0.3 is 0 Å². The van der Waals surface area contributed by atoms with Crippen molar-refractivity contribution in [2.75, 3.05) is 26.2 Å². The molecule has 0 unspecified atom stereocenters. The summed E-state index contributed by atoms with van der Waals surface area (Å²) >= 11 is 1.85. The van der Waals surface area contributed by atoms with E-state index in [1.165, 1.54) is 11.2 Å². The first-order chi connectivity index (χ1) is 10.9. The molecule has 0 spiro atoms. The number of ether oxygens (including phenoxy) is 1. The molecule has 4 heterocycles. The lowest BCUT2D eigenvalue weighted by molar-refractivity contribution is 0.0985. The Bertz CT molecular complexity index is 591. The van der Waals surface area contributed by atoms with Gasteiger partial charge in [-0.05, 0) is 11.4 Å². The van der Waals surface area contributed by atoms with E-state index in [1.54, 1.807) is 12.4 Å². The van der Waals surface area contributed by atoms with Gasteiger partial charge in [-0.25, -0.2) is 9.97 Å². The maximum atomic E-state index is 6.03. The molecule has 6 heteroatoms. The molecule has 2 aliphatic rings. The smallest absolute Gasteiger partial charge is 0.156 e. The van der Waals surface area contributed by atoms with Crippen LogP contribution in [0.3, 0.4) is 0 Å². The Balaban J connectivity index is 1.33. The molecule has 5 nitrogen and oxygen atoms in total. The molecule has 2 aromatic rings. The third kappa shape index (κ3) is 3.14. The van der Waals surface area contributed by atoms with Crippen LogP contribution < -0.4 is 4.74 Å². The van der Waals surface area contributed by atoms with Gasteiger partial charge in [-0.3, -0.25) is 9.80 Å². The van der Waals surface area contributed by atoms with Crippen molar-refractivity contribution in [3.8, 4) is 5.75 Å². The summed E-state index contributed by atoms with van der Waals surface area (Å²) in [5.41, 5.74) is 0. The van der Waals surface area contributed by atoms with Crippen molar-refractivity contribution in [3.05, 3.63) is 41.1 Å². The van der Waals surface area contributed by atoms with E-state index in [0.29, 0.717) is 6.04 Å². The summed E-state index contributed by atoms with van der Waals surface area (Å²) in [7, 11) is 0. The predicted molar refractivity (Wildman–Crippen MR) is 86.0 cm³/mol. The monoisotopic (exact) mass is 316 g/mol. The second kappa shape index (κ2) is 6.32. The van der Waals surface area contributed by atoms with Gasteiger partial charge in [-0.15, -0.1) is 11.3 Å². The van der Waals surface area contributed by atoms with Gasteiger partial charge in [0.2, 0.25) is 0 Å². The topological polar surface area (TPSA) is 41.5 Å². The number of nitrogens with zero attached hydrogens (tertiary/aromatic N) is 4. The van der Waals surface area contributed by atoms with E-state index in [1.807, 2.05) is 11.3 Å². The molecule has 0 aromatic carbocycles. The van der Waals surface area contributed by atoms with Crippen molar-refractivity contribution in [2.24, 2.45) is 0 Å². The molecule has 0 bridgehead atoms. The molecule has 2 saturated heterocycles. The lowest BCUT2D eigenvalue weighted by atomic mass is 10.1. The summed E-state index contributed by atoms with van der Waals surface area (Å²) in [5, 5.41) is 2.16. The third-order valence-electron chi connectivity index (χ3n) is 4.46. The zero-order chi connectivity index (χ0) is 14.8. The normalized spacial score (nSPS) is 26.0. The van der Waals surface area contributed by atoms with Crippen molar-refractivity contribution in [3.63, 3.8) is 0 Å². The van der Waals surface area contributed by atoms with Gasteiger partial charge in [0.05, 0.1) is 12.4 Å². The number of piperazine rings is 1. The van der Waals surface area contributed by atoms with Crippen molar-refractivity contribution in [1.82, 2.24) is 19.8 Å². The third-order valence-corrected chi connectivity index (χ3v) is 5.32. The van der Waals surface area contributed by atoms with Gasteiger partial charge in [0, 0.05) is 50.1 Å². The molecular formula is C16H20N4OS. The van der Waals surface area contributed by atoms with Crippen LogP contribution in [0.2, 0.25) is 0 Å². The first kappa shape index (κ1) is 14.1. The average molecular weight is 316 g/mol. The minimum absolute atomic E-state index is 0.262. The highest BCUT2D eigenvalue weighted by atomic mass is 32.1. The maximum absolute atomic E-state index is 6.03. The number of thiophene rings is 1. The highest BCUT2D eigenvalue weighted by Crippen LogP contribution is 2.26.